The van der Waals surface area contributed by atoms with Crippen LogP contribution in [0.2, 0.25) is 6.32 Å². The van der Waals surface area contributed by atoms with Gasteiger partial charge in [-0.2, -0.15) is 0 Å². The molecule has 0 amide bonds. The fourth-order valence-electron chi connectivity index (χ4n) is 8.88. The van der Waals surface area contributed by atoms with Crippen molar-refractivity contribution < 1.29 is 42.6 Å². The van der Waals surface area contributed by atoms with Gasteiger partial charge in [-0.1, -0.05) is 87.4 Å². The molecule has 0 aliphatic carbocycles. The third-order valence-corrected chi connectivity index (χ3v) is 16.1. The second-order valence-electron chi connectivity index (χ2n) is 21.7. The highest BCUT2D eigenvalue weighted by molar-refractivity contribution is 6.10. The Balaban J connectivity index is 6.24. The topological polar surface area (TPSA) is 83.1 Å². The number of ether oxygens (including phenoxy) is 9. The summed E-state index contributed by atoms with van der Waals surface area (Å²) in [6.07, 6.45) is 13.0. The maximum Gasteiger partial charge on any atom is 0.138 e. The summed E-state index contributed by atoms with van der Waals surface area (Å²) in [6, 6.07) is 0.0931. The molecule has 64 heavy (non-hydrogen) atoms. The number of hydrogen-bond donors (Lipinski definition) is 0. The van der Waals surface area contributed by atoms with Crippen molar-refractivity contribution >= 4 is 15.7 Å². The molecule has 9 nitrogen and oxygen atoms in total. The van der Waals surface area contributed by atoms with Crippen molar-refractivity contribution in [2.45, 2.75) is 210 Å². The normalized spacial score (nSPS) is 18.9. The van der Waals surface area contributed by atoms with Crippen LogP contribution in [-0.4, -0.2) is 122 Å². The summed E-state index contributed by atoms with van der Waals surface area (Å²) in [7, 11) is 4.30. The fourth-order valence-corrected chi connectivity index (χ4v) is 8.88. The third-order valence-electron chi connectivity index (χ3n) is 16.1. The molecule has 0 aromatic heterocycles. The van der Waals surface area contributed by atoms with Crippen LogP contribution >= 0.6 is 0 Å². The first kappa shape index (κ1) is 62.8. The lowest BCUT2D eigenvalue weighted by atomic mass is 9.60. The van der Waals surface area contributed by atoms with Crippen molar-refractivity contribution in [2.24, 2.45) is 27.6 Å². The zero-order valence-corrected chi connectivity index (χ0v) is 45.7. The standard InChI is InChI=1S/C53H104B2O9/c1-21-30-58-32-28-33-61-53(20,41-54)51(18,24-4)43(37-56-26-6)38-62-52(19,25-5)46(9,10)29-34-60-48(13,14)47(11,12)35-45(40-57-27-7)64-49(15,16)50(17,23-3)36-44(63-42(8)55)39-59-31-22-2/h21-22,28,32,42-45H,1-2,23-27,29-31,33-41,54-55H2,3-20H3/b32-28-. The highest BCUT2D eigenvalue weighted by Gasteiger charge is 2.51. The Morgan fingerprint density at radius 1 is 0.594 bits per heavy atom. The Hall–Kier alpha value is -1.17. The van der Waals surface area contributed by atoms with Crippen molar-refractivity contribution in [1.82, 2.24) is 0 Å². The van der Waals surface area contributed by atoms with Crippen LogP contribution in [0.1, 0.15) is 163 Å². The maximum absolute atomic E-state index is 7.21. The van der Waals surface area contributed by atoms with Crippen LogP contribution < -0.4 is 0 Å². The SMILES string of the molecule is BCC(C)(OC/C=C\OCC=C)C(C)(CC)C(COCC)COC(C)(CC)C(C)(C)CCOC(C)(C)C(C)(C)CC(COCC)OC(C)(C)C(C)(CC)CC(COCC=C)OC(B)C. The van der Waals surface area contributed by atoms with Gasteiger partial charge in [-0.05, 0) is 123 Å². The lowest BCUT2D eigenvalue weighted by Crippen LogP contribution is -2.54. The zero-order chi connectivity index (χ0) is 49.5. The Kier molecular flexibility index (Phi) is 28.5. The van der Waals surface area contributed by atoms with Gasteiger partial charge in [0.05, 0.1) is 80.5 Å². The van der Waals surface area contributed by atoms with E-state index in [1.165, 1.54) is 0 Å². The maximum atomic E-state index is 7.21. The predicted octanol–water partition coefficient (Wildman–Crippen LogP) is 11.0. The Bertz CT molecular complexity index is 1300. The largest absolute Gasteiger partial charge is 0.497 e. The van der Waals surface area contributed by atoms with E-state index in [0.717, 1.165) is 44.8 Å². The van der Waals surface area contributed by atoms with Crippen LogP contribution in [0.4, 0.5) is 0 Å². The number of rotatable bonds is 40. The van der Waals surface area contributed by atoms with Gasteiger partial charge >= 0.3 is 0 Å². The summed E-state index contributed by atoms with van der Waals surface area (Å²) in [4.78, 5) is 0. The second-order valence-corrected chi connectivity index (χ2v) is 21.7. The highest BCUT2D eigenvalue weighted by Crippen LogP contribution is 2.49. The minimum Gasteiger partial charge on any atom is -0.497 e. The van der Waals surface area contributed by atoms with E-state index in [-0.39, 0.29) is 45.8 Å². The van der Waals surface area contributed by atoms with E-state index in [0.29, 0.717) is 66.1 Å². The summed E-state index contributed by atoms with van der Waals surface area (Å²) >= 11 is 0. The molecular formula is C53H104B2O9. The Morgan fingerprint density at radius 2 is 1.19 bits per heavy atom. The summed E-state index contributed by atoms with van der Waals surface area (Å²) in [5.74, 6) is 0.110. The third kappa shape index (κ3) is 18.7. The minimum atomic E-state index is -0.480. The molecular weight excluding hydrogens is 802 g/mol. The van der Waals surface area contributed by atoms with Crippen LogP contribution in [0, 0.1) is 27.6 Å². The van der Waals surface area contributed by atoms with Gasteiger partial charge in [0.25, 0.3) is 0 Å². The van der Waals surface area contributed by atoms with Gasteiger partial charge in [-0.15, -0.1) is 6.58 Å². The Morgan fingerprint density at radius 3 is 1.70 bits per heavy atom. The van der Waals surface area contributed by atoms with Gasteiger partial charge < -0.3 is 42.6 Å². The van der Waals surface area contributed by atoms with Crippen LogP contribution in [0.3, 0.4) is 0 Å². The molecule has 0 fully saturated rings. The van der Waals surface area contributed by atoms with Gasteiger partial charge in [-0.3, -0.25) is 0 Å². The molecule has 0 heterocycles. The zero-order valence-electron chi connectivity index (χ0n) is 45.7. The summed E-state index contributed by atoms with van der Waals surface area (Å²) in [5.41, 5.74) is -2.60. The monoisotopic (exact) mass is 907 g/mol. The first-order chi connectivity index (χ1) is 29.7. The van der Waals surface area contributed by atoms with E-state index in [1.54, 1.807) is 18.4 Å². The lowest BCUT2D eigenvalue weighted by Gasteiger charge is -2.52. The average Bonchev–Trinajstić information content (AvgIpc) is 3.22. The Labute approximate surface area is 398 Å². The van der Waals surface area contributed by atoms with Crippen LogP contribution in [-0.2, 0) is 42.6 Å². The molecule has 8 unspecified atom stereocenters. The molecule has 0 aliphatic heterocycles. The molecule has 11 heteroatoms. The van der Waals surface area contributed by atoms with E-state index in [2.05, 4.69) is 147 Å². The smallest absolute Gasteiger partial charge is 0.138 e. The summed E-state index contributed by atoms with van der Waals surface area (Å²) < 4.78 is 58.1. The van der Waals surface area contributed by atoms with E-state index < -0.39 is 22.4 Å². The molecule has 0 saturated heterocycles. The first-order valence-electron chi connectivity index (χ1n) is 25.1. The van der Waals surface area contributed by atoms with Crippen molar-refractivity contribution in [3.05, 3.63) is 37.6 Å². The van der Waals surface area contributed by atoms with Crippen LogP contribution in [0.25, 0.3) is 0 Å². The van der Waals surface area contributed by atoms with E-state index in [1.807, 2.05) is 13.0 Å². The molecule has 0 spiro atoms. The fraction of sp³-hybridized carbons (Fsp3) is 0.887. The highest BCUT2D eigenvalue weighted by atomic mass is 16.6. The second kappa shape index (κ2) is 29.0. The quantitative estimate of drug-likeness (QED) is 0.0258. The molecule has 0 aromatic carbocycles. The predicted molar refractivity (Wildman–Crippen MR) is 275 cm³/mol. The van der Waals surface area contributed by atoms with Gasteiger partial charge in [0, 0.05) is 37.2 Å². The molecule has 0 rings (SSSR count). The lowest BCUT2D eigenvalue weighted by molar-refractivity contribution is -0.197. The minimum absolute atomic E-state index is 0.0582. The van der Waals surface area contributed by atoms with Gasteiger partial charge in [0.1, 0.15) is 22.3 Å². The van der Waals surface area contributed by atoms with Crippen LogP contribution in [0.15, 0.2) is 37.6 Å². The molecule has 0 radical (unpaired) electrons. The van der Waals surface area contributed by atoms with Crippen molar-refractivity contribution in [3.63, 3.8) is 0 Å². The van der Waals surface area contributed by atoms with Gasteiger partial charge in [0.15, 0.2) is 0 Å². The first-order valence-corrected chi connectivity index (χ1v) is 25.1. The molecule has 0 N–H and O–H groups in total. The van der Waals surface area contributed by atoms with Crippen LogP contribution in [0.5, 0.6) is 0 Å². The van der Waals surface area contributed by atoms with E-state index in [4.69, 9.17) is 42.6 Å². The molecule has 0 bridgehead atoms. The number of hydrogen-bond acceptors (Lipinski definition) is 9. The van der Waals surface area contributed by atoms with Crippen molar-refractivity contribution in [3.8, 4) is 0 Å². The van der Waals surface area contributed by atoms with Crippen molar-refractivity contribution in [1.29, 1.82) is 0 Å². The molecule has 0 aromatic rings. The molecule has 0 aliphatic rings. The summed E-state index contributed by atoms with van der Waals surface area (Å²) in [5, 5.41) is 0. The van der Waals surface area contributed by atoms with Crippen molar-refractivity contribution in [2.75, 3.05) is 66.1 Å². The van der Waals surface area contributed by atoms with Gasteiger partial charge in [-0.25, -0.2) is 0 Å². The van der Waals surface area contributed by atoms with Gasteiger partial charge in [0.2, 0.25) is 0 Å². The van der Waals surface area contributed by atoms with E-state index in [9.17, 15) is 0 Å². The summed E-state index contributed by atoms with van der Waals surface area (Å²) in [6.45, 7) is 53.4. The molecule has 0 saturated carbocycles. The molecule has 8 atom stereocenters. The average molecular weight is 907 g/mol. The molecule has 376 valence electrons. The van der Waals surface area contributed by atoms with E-state index >= 15 is 0 Å².